The van der Waals surface area contributed by atoms with Crippen LogP contribution in [0.25, 0.3) is 5.69 Å². The third kappa shape index (κ3) is 4.18. The van der Waals surface area contributed by atoms with Crippen LogP contribution in [0.3, 0.4) is 0 Å². The zero-order valence-electron chi connectivity index (χ0n) is 11.4. The lowest BCUT2D eigenvalue weighted by Crippen LogP contribution is -2.14. The van der Waals surface area contributed by atoms with E-state index in [0.717, 1.165) is 11.3 Å². The normalized spacial score (nSPS) is 11.7. The Bertz CT molecular complexity index is 619. The SMILES string of the molecule is CCOCCS(=O)(=O)Cc1ccc(-n2cccn2)cc1. The summed E-state index contributed by atoms with van der Waals surface area (Å²) >= 11 is 0. The van der Waals surface area contributed by atoms with Gasteiger partial charge >= 0.3 is 0 Å². The molecule has 108 valence electrons. The van der Waals surface area contributed by atoms with Gasteiger partial charge in [-0.3, -0.25) is 0 Å². The topological polar surface area (TPSA) is 61.2 Å². The van der Waals surface area contributed by atoms with E-state index < -0.39 is 9.84 Å². The number of ether oxygens (including phenoxy) is 1. The second kappa shape index (κ2) is 6.67. The van der Waals surface area contributed by atoms with Gasteiger partial charge in [0.15, 0.2) is 9.84 Å². The Labute approximate surface area is 119 Å². The highest BCUT2D eigenvalue weighted by molar-refractivity contribution is 7.90. The molecule has 0 saturated carbocycles. The Hall–Kier alpha value is -1.66. The Kier molecular flexibility index (Phi) is 4.92. The van der Waals surface area contributed by atoms with Crippen molar-refractivity contribution in [1.29, 1.82) is 0 Å². The van der Waals surface area contributed by atoms with Crippen molar-refractivity contribution in [3.8, 4) is 5.69 Å². The predicted octanol–water partition coefficient (Wildman–Crippen LogP) is 1.82. The molecule has 0 aliphatic heterocycles. The first kappa shape index (κ1) is 14.7. The van der Waals surface area contributed by atoms with Crippen molar-refractivity contribution >= 4 is 9.84 Å². The van der Waals surface area contributed by atoms with Crippen molar-refractivity contribution in [3.05, 3.63) is 48.3 Å². The van der Waals surface area contributed by atoms with Crippen LogP contribution in [0.1, 0.15) is 12.5 Å². The van der Waals surface area contributed by atoms with Crippen LogP contribution in [-0.4, -0.2) is 37.2 Å². The van der Waals surface area contributed by atoms with E-state index >= 15 is 0 Å². The van der Waals surface area contributed by atoms with E-state index in [0.29, 0.717) is 6.61 Å². The molecule has 0 aliphatic carbocycles. The molecule has 0 radical (unpaired) electrons. The molecule has 0 fully saturated rings. The molecule has 1 aromatic carbocycles. The van der Waals surface area contributed by atoms with Crippen molar-refractivity contribution in [2.45, 2.75) is 12.7 Å². The van der Waals surface area contributed by atoms with Crippen LogP contribution in [0.15, 0.2) is 42.7 Å². The van der Waals surface area contributed by atoms with Crippen LogP contribution in [0.4, 0.5) is 0 Å². The van der Waals surface area contributed by atoms with Gasteiger partial charge in [-0.05, 0) is 30.7 Å². The second-order valence-corrected chi connectivity index (χ2v) is 6.59. The first-order valence-corrected chi connectivity index (χ1v) is 8.30. The summed E-state index contributed by atoms with van der Waals surface area (Å²) in [4.78, 5) is 0. The smallest absolute Gasteiger partial charge is 0.156 e. The molecule has 0 N–H and O–H groups in total. The van der Waals surface area contributed by atoms with Gasteiger partial charge in [0.2, 0.25) is 0 Å². The maximum Gasteiger partial charge on any atom is 0.156 e. The second-order valence-electron chi connectivity index (χ2n) is 4.41. The quantitative estimate of drug-likeness (QED) is 0.731. The summed E-state index contributed by atoms with van der Waals surface area (Å²) in [5, 5.41) is 4.12. The van der Waals surface area contributed by atoms with E-state index in [-0.39, 0.29) is 18.1 Å². The van der Waals surface area contributed by atoms with Crippen LogP contribution in [0, 0.1) is 0 Å². The summed E-state index contributed by atoms with van der Waals surface area (Å²) in [7, 11) is -3.12. The molecular weight excluding hydrogens is 276 g/mol. The molecular formula is C14H18N2O3S. The average Bonchev–Trinajstić information content (AvgIpc) is 2.93. The third-order valence-corrected chi connectivity index (χ3v) is 4.40. The molecule has 0 bridgehead atoms. The minimum atomic E-state index is -3.12. The number of nitrogens with zero attached hydrogens (tertiary/aromatic N) is 2. The summed E-state index contributed by atoms with van der Waals surface area (Å²) in [5.41, 5.74) is 1.68. The van der Waals surface area contributed by atoms with Crippen molar-refractivity contribution in [3.63, 3.8) is 0 Å². The summed E-state index contributed by atoms with van der Waals surface area (Å²) in [5.74, 6) is 0.0984. The summed E-state index contributed by atoms with van der Waals surface area (Å²) in [6.07, 6.45) is 3.54. The molecule has 20 heavy (non-hydrogen) atoms. The lowest BCUT2D eigenvalue weighted by atomic mass is 10.2. The van der Waals surface area contributed by atoms with Crippen LogP contribution in [0.5, 0.6) is 0 Å². The highest BCUT2D eigenvalue weighted by Gasteiger charge is 2.12. The number of sulfone groups is 1. The summed E-state index contributed by atoms with van der Waals surface area (Å²) in [6.45, 7) is 2.64. The molecule has 0 aliphatic rings. The van der Waals surface area contributed by atoms with Gasteiger partial charge in [0, 0.05) is 19.0 Å². The standard InChI is InChI=1S/C14H18N2O3S/c1-2-19-10-11-20(17,18)12-13-4-6-14(7-5-13)16-9-3-8-15-16/h3-9H,2,10-12H2,1H3. The number of benzene rings is 1. The first-order valence-electron chi connectivity index (χ1n) is 6.48. The van der Waals surface area contributed by atoms with Crippen molar-refractivity contribution in [2.24, 2.45) is 0 Å². The maximum atomic E-state index is 11.9. The van der Waals surface area contributed by atoms with Crippen LogP contribution < -0.4 is 0 Å². The summed E-state index contributed by atoms with van der Waals surface area (Å²) in [6, 6.07) is 9.19. The minimum absolute atomic E-state index is 0.0411. The van der Waals surface area contributed by atoms with Crippen molar-refractivity contribution in [2.75, 3.05) is 19.0 Å². The molecule has 2 aromatic rings. The highest BCUT2D eigenvalue weighted by Crippen LogP contribution is 2.11. The zero-order valence-corrected chi connectivity index (χ0v) is 12.2. The van der Waals surface area contributed by atoms with E-state index in [1.807, 2.05) is 43.5 Å². The first-order chi connectivity index (χ1) is 9.61. The molecule has 0 amide bonds. The molecule has 6 heteroatoms. The van der Waals surface area contributed by atoms with Crippen molar-refractivity contribution in [1.82, 2.24) is 9.78 Å². The number of rotatable bonds is 7. The van der Waals surface area contributed by atoms with Gasteiger partial charge in [0.25, 0.3) is 0 Å². The molecule has 1 heterocycles. The summed E-state index contributed by atoms with van der Waals surface area (Å²) < 4.78 is 30.6. The van der Waals surface area contributed by atoms with Gasteiger partial charge in [-0.2, -0.15) is 5.10 Å². The van der Waals surface area contributed by atoms with Crippen LogP contribution >= 0.6 is 0 Å². The van der Waals surface area contributed by atoms with E-state index in [4.69, 9.17) is 4.74 Å². The van der Waals surface area contributed by atoms with Gasteiger partial charge in [-0.1, -0.05) is 12.1 Å². The van der Waals surface area contributed by atoms with E-state index in [1.54, 1.807) is 10.9 Å². The van der Waals surface area contributed by atoms with Crippen LogP contribution in [0.2, 0.25) is 0 Å². The van der Waals surface area contributed by atoms with Gasteiger partial charge in [0.1, 0.15) is 0 Å². The zero-order chi connectivity index (χ0) is 14.4. The van der Waals surface area contributed by atoms with E-state index in [9.17, 15) is 8.42 Å². The van der Waals surface area contributed by atoms with E-state index in [2.05, 4.69) is 5.10 Å². The Morgan fingerprint density at radius 1 is 1.25 bits per heavy atom. The predicted molar refractivity (Wildman–Crippen MR) is 77.5 cm³/mol. The van der Waals surface area contributed by atoms with E-state index in [1.165, 1.54) is 0 Å². The molecule has 5 nitrogen and oxygen atoms in total. The molecule has 1 aromatic heterocycles. The molecule has 2 rings (SSSR count). The van der Waals surface area contributed by atoms with Gasteiger partial charge in [-0.15, -0.1) is 0 Å². The monoisotopic (exact) mass is 294 g/mol. The molecule has 0 atom stereocenters. The number of aromatic nitrogens is 2. The van der Waals surface area contributed by atoms with Crippen LogP contribution in [-0.2, 0) is 20.3 Å². The minimum Gasteiger partial charge on any atom is -0.381 e. The largest absolute Gasteiger partial charge is 0.381 e. The fraction of sp³-hybridized carbons (Fsp3) is 0.357. The number of hydrogen-bond donors (Lipinski definition) is 0. The molecule has 0 unspecified atom stereocenters. The third-order valence-electron chi connectivity index (χ3n) is 2.83. The van der Waals surface area contributed by atoms with Gasteiger partial charge in [-0.25, -0.2) is 13.1 Å². The Balaban J connectivity index is 2.00. The average molecular weight is 294 g/mol. The Morgan fingerprint density at radius 2 is 2.00 bits per heavy atom. The Morgan fingerprint density at radius 3 is 2.60 bits per heavy atom. The molecule has 0 spiro atoms. The fourth-order valence-corrected chi connectivity index (χ4v) is 3.04. The number of hydrogen-bond acceptors (Lipinski definition) is 4. The van der Waals surface area contributed by atoms with Gasteiger partial charge in [0.05, 0.1) is 23.8 Å². The lowest BCUT2D eigenvalue weighted by molar-refractivity contribution is 0.163. The van der Waals surface area contributed by atoms with Gasteiger partial charge < -0.3 is 4.74 Å². The highest BCUT2D eigenvalue weighted by atomic mass is 32.2. The lowest BCUT2D eigenvalue weighted by Gasteiger charge is -2.06. The van der Waals surface area contributed by atoms with Crippen molar-refractivity contribution < 1.29 is 13.2 Å². The fourth-order valence-electron chi connectivity index (χ4n) is 1.82. The molecule has 0 saturated heterocycles. The maximum absolute atomic E-state index is 11.9.